The molecular formula is C23H30N4O4. The number of likely N-dealkylation sites (N-methyl/N-ethyl adjacent to an activating group) is 1. The first-order valence-electron chi connectivity index (χ1n) is 10.7. The molecule has 0 unspecified atom stereocenters. The molecule has 1 fully saturated rings. The minimum absolute atomic E-state index is 0.164. The third-order valence-corrected chi connectivity index (χ3v) is 6.06. The second kappa shape index (κ2) is 8.63. The fourth-order valence-electron chi connectivity index (χ4n) is 4.40. The minimum Gasteiger partial charge on any atom is -0.496 e. The highest BCUT2D eigenvalue weighted by Gasteiger charge is 2.23. The molecule has 8 nitrogen and oxygen atoms in total. The number of nitrogens with zero attached hydrogens (tertiary/aromatic N) is 3. The number of rotatable bonds is 7. The first-order valence-corrected chi connectivity index (χ1v) is 10.7. The quantitative estimate of drug-likeness (QED) is 0.628. The molecule has 3 aromatic rings. The van der Waals surface area contributed by atoms with Crippen molar-refractivity contribution < 1.29 is 14.3 Å². The summed E-state index contributed by atoms with van der Waals surface area (Å²) in [4.78, 5) is 28.8. The Bertz CT molecular complexity index is 1170. The second-order valence-electron chi connectivity index (χ2n) is 8.36. The summed E-state index contributed by atoms with van der Waals surface area (Å²) < 4.78 is 14.4. The standard InChI is InChI=1S/C23H30N4O4/c1-25(2)11-12-26-18(22(28)24-15-7-5-6-8-15)14-27-17(23(26)29)13-16-19(30-3)9-10-20(31-4)21(16)27/h9-10,13-15H,5-8,11-12H2,1-4H3,(H,24,28). The van der Waals surface area contributed by atoms with Gasteiger partial charge in [-0.1, -0.05) is 12.8 Å². The third kappa shape index (κ3) is 3.87. The van der Waals surface area contributed by atoms with Crippen LogP contribution in [-0.2, 0) is 6.54 Å². The lowest BCUT2D eigenvalue weighted by molar-refractivity contribution is 0.0925. The number of ether oxygens (including phenoxy) is 2. The molecule has 1 saturated carbocycles. The molecule has 8 heteroatoms. The number of carbonyl (C=O) groups is 1. The number of benzene rings is 1. The van der Waals surface area contributed by atoms with Gasteiger partial charge in [-0.05, 0) is 45.1 Å². The fraction of sp³-hybridized carbons (Fsp3) is 0.478. The molecular weight excluding hydrogens is 396 g/mol. The number of hydrogen-bond acceptors (Lipinski definition) is 5. The monoisotopic (exact) mass is 426 g/mol. The van der Waals surface area contributed by atoms with Crippen molar-refractivity contribution in [3.05, 3.63) is 40.4 Å². The molecule has 2 aromatic heterocycles. The van der Waals surface area contributed by atoms with Crippen LogP contribution in [0.4, 0.5) is 0 Å². The topological polar surface area (TPSA) is 77.2 Å². The maximum absolute atomic E-state index is 13.5. The molecule has 0 bridgehead atoms. The fourth-order valence-corrected chi connectivity index (χ4v) is 4.40. The summed E-state index contributed by atoms with van der Waals surface area (Å²) in [7, 11) is 7.08. The molecule has 4 rings (SSSR count). The van der Waals surface area contributed by atoms with E-state index in [1.165, 1.54) is 0 Å². The number of methoxy groups -OCH3 is 2. The van der Waals surface area contributed by atoms with E-state index in [0.29, 0.717) is 41.3 Å². The van der Waals surface area contributed by atoms with Gasteiger partial charge in [0.25, 0.3) is 11.5 Å². The van der Waals surface area contributed by atoms with Crippen LogP contribution < -0.4 is 20.3 Å². The van der Waals surface area contributed by atoms with Crippen molar-refractivity contribution in [2.75, 3.05) is 34.9 Å². The molecule has 0 aliphatic heterocycles. The van der Waals surface area contributed by atoms with Crippen LogP contribution in [-0.4, -0.2) is 60.7 Å². The van der Waals surface area contributed by atoms with Crippen LogP contribution in [0.15, 0.2) is 29.2 Å². The van der Waals surface area contributed by atoms with E-state index in [1.807, 2.05) is 37.2 Å². The van der Waals surface area contributed by atoms with Crippen molar-refractivity contribution in [1.82, 2.24) is 19.2 Å². The Kier molecular flexibility index (Phi) is 5.91. The van der Waals surface area contributed by atoms with Crippen LogP contribution in [0.5, 0.6) is 11.5 Å². The van der Waals surface area contributed by atoms with Gasteiger partial charge in [0.1, 0.15) is 22.7 Å². The maximum Gasteiger partial charge on any atom is 0.275 e. The zero-order valence-electron chi connectivity index (χ0n) is 18.6. The van der Waals surface area contributed by atoms with Crippen molar-refractivity contribution in [3.63, 3.8) is 0 Å². The SMILES string of the molecule is COc1ccc(OC)c2c1cc1c(=O)n(CCN(C)C)c(C(=O)NC3CCCC3)cn12. The van der Waals surface area contributed by atoms with E-state index in [2.05, 4.69) is 5.32 Å². The average Bonchev–Trinajstić information content (AvgIpc) is 3.40. The van der Waals surface area contributed by atoms with Crippen LogP contribution in [0.3, 0.4) is 0 Å². The Hall–Kier alpha value is -3.00. The summed E-state index contributed by atoms with van der Waals surface area (Å²) in [5.74, 6) is 1.05. The van der Waals surface area contributed by atoms with Gasteiger partial charge in [0.2, 0.25) is 0 Å². The lowest BCUT2D eigenvalue weighted by Crippen LogP contribution is -2.38. The van der Waals surface area contributed by atoms with E-state index in [9.17, 15) is 9.59 Å². The van der Waals surface area contributed by atoms with Crippen LogP contribution in [0.2, 0.25) is 0 Å². The van der Waals surface area contributed by atoms with Gasteiger partial charge < -0.3 is 24.1 Å². The molecule has 2 heterocycles. The molecule has 1 N–H and O–H groups in total. The van der Waals surface area contributed by atoms with Crippen molar-refractivity contribution in [2.24, 2.45) is 0 Å². The lowest BCUT2D eigenvalue weighted by atomic mass is 10.2. The van der Waals surface area contributed by atoms with E-state index >= 15 is 0 Å². The second-order valence-corrected chi connectivity index (χ2v) is 8.36. The highest BCUT2D eigenvalue weighted by molar-refractivity contribution is 5.98. The molecule has 0 atom stereocenters. The first-order chi connectivity index (χ1) is 14.9. The molecule has 1 aromatic carbocycles. The summed E-state index contributed by atoms with van der Waals surface area (Å²) in [6.07, 6.45) is 5.95. The first kappa shape index (κ1) is 21.2. The Morgan fingerprint density at radius 1 is 1.16 bits per heavy atom. The molecule has 0 spiro atoms. The molecule has 0 saturated heterocycles. The van der Waals surface area contributed by atoms with Gasteiger partial charge in [-0.3, -0.25) is 14.2 Å². The maximum atomic E-state index is 13.5. The summed E-state index contributed by atoms with van der Waals surface area (Å²) in [6.45, 7) is 1.07. The van der Waals surface area contributed by atoms with Gasteiger partial charge in [-0.15, -0.1) is 0 Å². The average molecular weight is 427 g/mol. The van der Waals surface area contributed by atoms with Gasteiger partial charge in [0, 0.05) is 30.7 Å². The molecule has 166 valence electrons. The molecule has 0 radical (unpaired) electrons. The molecule has 31 heavy (non-hydrogen) atoms. The largest absolute Gasteiger partial charge is 0.496 e. The number of carbonyl (C=O) groups excluding carboxylic acids is 1. The van der Waals surface area contributed by atoms with Gasteiger partial charge in [0.15, 0.2) is 0 Å². The molecule has 1 aliphatic rings. The zero-order chi connectivity index (χ0) is 22.1. The van der Waals surface area contributed by atoms with Gasteiger partial charge >= 0.3 is 0 Å². The van der Waals surface area contributed by atoms with Gasteiger partial charge in [-0.2, -0.15) is 0 Å². The van der Waals surface area contributed by atoms with Crippen molar-refractivity contribution in [1.29, 1.82) is 0 Å². The van der Waals surface area contributed by atoms with Crippen molar-refractivity contribution >= 4 is 22.3 Å². The summed E-state index contributed by atoms with van der Waals surface area (Å²) in [6, 6.07) is 5.60. The normalized spacial score (nSPS) is 14.6. The molecule has 1 amide bonds. The van der Waals surface area contributed by atoms with Crippen molar-refractivity contribution in [2.45, 2.75) is 38.3 Å². The summed E-state index contributed by atoms with van der Waals surface area (Å²) >= 11 is 0. The highest BCUT2D eigenvalue weighted by Crippen LogP contribution is 2.35. The zero-order valence-corrected chi connectivity index (χ0v) is 18.6. The number of nitrogens with one attached hydrogen (secondary N) is 1. The van der Waals surface area contributed by atoms with E-state index in [4.69, 9.17) is 9.47 Å². The Morgan fingerprint density at radius 3 is 2.48 bits per heavy atom. The number of hydrogen-bond donors (Lipinski definition) is 1. The van der Waals surface area contributed by atoms with Crippen LogP contribution >= 0.6 is 0 Å². The number of fused-ring (bicyclic) bond motifs is 3. The number of aromatic nitrogens is 2. The van der Waals surface area contributed by atoms with Gasteiger partial charge in [-0.25, -0.2) is 0 Å². The minimum atomic E-state index is -0.214. The predicted octanol–water partition coefficient (Wildman–Crippen LogP) is 2.51. The predicted molar refractivity (Wildman–Crippen MR) is 121 cm³/mol. The lowest BCUT2D eigenvalue weighted by Gasteiger charge is -2.18. The van der Waals surface area contributed by atoms with Crippen LogP contribution in [0, 0.1) is 0 Å². The third-order valence-electron chi connectivity index (χ3n) is 6.06. The summed E-state index contributed by atoms with van der Waals surface area (Å²) in [5.41, 5.74) is 1.34. The Morgan fingerprint density at radius 2 is 1.84 bits per heavy atom. The van der Waals surface area contributed by atoms with E-state index in [-0.39, 0.29) is 17.5 Å². The van der Waals surface area contributed by atoms with Gasteiger partial charge in [0.05, 0.1) is 19.7 Å². The number of amides is 1. The van der Waals surface area contributed by atoms with Crippen LogP contribution in [0.25, 0.3) is 16.4 Å². The highest BCUT2D eigenvalue weighted by atomic mass is 16.5. The van der Waals surface area contributed by atoms with Crippen LogP contribution in [0.1, 0.15) is 36.2 Å². The molecule has 1 aliphatic carbocycles. The Labute approximate surface area is 181 Å². The Balaban J connectivity index is 1.94. The summed E-state index contributed by atoms with van der Waals surface area (Å²) in [5, 5.41) is 3.89. The smallest absolute Gasteiger partial charge is 0.275 e. The van der Waals surface area contributed by atoms with E-state index in [1.54, 1.807) is 29.4 Å². The van der Waals surface area contributed by atoms with E-state index in [0.717, 1.165) is 31.1 Å². The van der Waals surface area contributed by atoms with Crippen molar-refractivity contribution in [3.8, 4) is 11.5 Å². The van der Waals surface area contributed by atoms with E-state index < -0.39 is 0 Å².